The molecule has 2 saturated carbocycles. The molecule has 2 nitrogen and oxygen atoms in total. The second-order valence-electron chi connectivity index (χ2n) is 5.75. The van der Waals surface area contributed by atoms with Crippen molar-refractivity contribution in [3.8, 4) is 0 Å². The van der Waals surface area contributed by atoms with Crippen molar-refractivity contribution in [2.24, 2.45) is 0 Å². The molecule has 1 aromatic carbocycles. The summed E-state index contributed by atoms with van der Waals surface area (Å²) in [6.07, 6.45) is 6.73. The van der Waals surface area contributed by atoms with Gasteiger partial charge in [-0.05, 0) is 49.8 Å². The number of rotatable bonds is 7. The molecule has 2 aliphatic rings. The van der Waals surface area contributed by atoms with Gasteiger partial charge in [0, 0.05) is 30.9 Å². The Labute approximate surface area is 110 Å². The molecule has 1 aromatic rings. The van der Waals surface area contributed by atoms with E-state index in [1.54, 1.807) is 0 Å². The van der Waals surface area contributed by atoms with E-state index in [1.165, 1.54) is 49.9 Å². The Morgan fingerprint density at radius 2 is 1.83 bits per heavy atom. The van der Waals surface area contributed by atoms with Gasteiger partial charge in [-0.2, -0.15) is 0 Å². The molecule has 1 N–H and O–H groups in total. The van der Waals surface area contributed by atoms with Crippen molar-refractivity contribution in [3.63, 3.8) is 0 Å². The fourth-order valence-electron chi connectivity index (χ4n) is 2.50. The summed E-state index contributed by atoms with van der Waals surface area (Å²) in [7, 11) is 0. The van der Waals surface area contributed by atoms with Crippen LogP contribution in [0.25, 0.3) is 0 Å². The third-order valence-electron chi connectivity index (χ3n) is 3.89. The lowest BCUT2D eigenvalue weighted by atomic mass is 10.2. The van der Waals surface area contributed by atoms with E-state index in [2.05, 4.69) is 41.4 Å². The fourth-order valence-corrected chi connectivity index (χ4v) is 2.50. The van der Waals surface area contributed by atoms with Crippen LogP contribution in [-0.4, -0.2) is 18.6 Å². The van der Waals surface area contributed by atoms with Crippen LogP contribution in [0, 0.1) is 0 Å². The van der Waals surface area contributed by atoms with Crippen molar-refractivity contribution in [2.45, 2.75) is 57.7 Å². The summed E-state index contributed by atoms with van der Waals surface area (Å²) >= 11 is 0. The third kappa shape index (κ3) is 3.05. The quantitative estimate of drug-likeness (QED) is 0.791. The van der Waals surface area contributed by atoms with Crippen molar-refractivity contribution in [1.82, 2.24) is 5.32 Å². The molecule has 2 aliphatic carbocycles. The van der Waals surface area contributed by atoms with Gasteiger partial charge in [0.2, 0.25) is 0 Å². The van der Waals surface area contributed by atoms with Crippen molar-refractivity contribution in [3.05, 3.63) is 29.8 Å². The molecule has 0 atom stereocenters. The lowest BCUT2D eigenvalue weighted by Crippen LogP contribution is -2.26. The van der Waals surface area contributed by atoms with Crippen molar-refractivity contribution in [1.29, 1.82) is 0 Å². The van der Waals surface area contributed by atoms with Gasteiger partial charge >= 0.3 is 0 Å². The second kappa shape index (κ2) is 5.31. The summed E-state index contributed by atoms with van der Waals surface area (Å²) in [5.41, 5.74) is 2.83. The minimum absolute atomic E-state index is 0.799. The van der Waals surface area contributed by atoms with Crippen LogP contribution in [0.3, 0.4) is 0 Å². The Kier molecular flexibility index (Phi) is 3.55. The van der Waals surface area contributed by atoms with E-state index < -0.39 is 0 Å². The Bertz CT molecular complexity index is 377. The van der Waals surface area contributed by atoms with Crippen LogP contribution >= 0.6 is 0 Å². The molecule has 0 heterocycles. The van der Waals surface area contributed by atoms with Crippen LogP contribution in [0.4, 0.5) is 5.69 Å². The maximum Gasteiger partial charge on any atom is 0.0368 e. The van der Waals surface area contributed by atoms with Gasteiger partial charge in [-0.25, -0.2) is 0 Å². The lowest BCUT2D eigenvalue weighted by molar-refractivity contribution is 0.687. The van der Waals surface area contributed by atoms with E-state index in [-0.39, 0.29) is 0 Å². The summed E-state index contributed by atoms with van der Waals surface area (Å²) in [5, 5.41) is 3.57. The molecule has 0 amide bonds. The smallest absolute Gasteiger partial charge is 0.0368 e. The first-order valence-corrected chi connectivity index (χ1v) is 7.46. The van der Waals surface area contributed by atoms with Crippen LogP contribution in [0.5, 0.6) is 0 Å². The number of nitrogens with zero attached hydrogens (tertiary/aromatic N) is 1. The monoisotopic (exact) mass is 244 g/mol. The summed E-state index contributed by atoms with van der Waals surface area (Å²) in [4.78, 5) is 2.58. The minimum atomic E-state index is 0.799. The predicted octanol–water partition coefficient (Wildman–Crippen LogP) is 3.32. The summed E-state index contributed by atoms with van der Waals surface area (Å²) in [5.74, 6) is 0. The van der Waals surface area contributed by atoms with Crippen molar-refractivity contribution >= 4 is 5.69 Å². The predicted molar refractivity (Wildman–Crippen MR) is 77.0 cm³/mol. The summed E-state index contributed by atoms with van der Waals surface area (Å²) < 4.78 is 0. The molecule has 0 aliphatic heterocycles. The van der Waals surface area contributed by atoms with Crippen LogP contribution in [0.1, 0.15) is 44.6 Å². The summed E-state index contributed by atoms with van der Waals surface area (Å²) in [6, 6.07) is 10.8. The van der Waals surface area contributed by atoms with Crippen LogP contribution in [0.2, 0.25) is 0 Å². The van der Waals surface area contributed by atoms with Gasteiger partial charge in [0.1, 0.15) is 0 Å². The SMILES string of the molecule is CCCN(c1ccc(CNC2CC2)cc1)C1CC1. The van der Waals surface area contributed by atoms with E-state index in [0.717, 1.165) is 18.6 Å². The molecule has 2 fully saturated rings. The maximum absolute atomic E-state index is 3.57. The van der Waals surface area contributed by atoms with Crippen LogP contribution in [-0.2, 0) is 6.54 Å². The highest BCUT2D eigenvalue weighted by Crippen LogP contribution is 2.31. The van der Waals surface area contributed by atoms with Gasteiger partial charge in [-0.3, -0.25) is 0 Å². The molecule has 98 valence electrons. The van der Waals surface area contributed by atoms with E-state index in [1.807, 2.05) is 0 Å². The van der Waals surface area contributed by atoms with Gasteiger partial charge in [-0.1, -0.05) is 19.1 Å². The third-order valence-corrected chi connectivity index (χ3v) is 3.89. The van der Waals surface area contributed by atoms with E-state index in [0.29, 0.717) is 0 Å². The molecule has 0 saturated heterocycles. The zero-order valence-electron chi connectivity index (χ0n) is 11.4. The highest BCUT2D eigenvalue weighted by Gasteiger charge is 2.28. The Morgan fingerprint density at radius 3 is 2.39 bits per heavy atom. The molecule has 0 spiro atoms. The molecule has 0 aromatic heterocycles. The zero-order valence-corrected chi connectivity index (χ0v) is 11.4. The second-order valence-corrected chi connectivity index (χ2v) is 5.75. The molecule has 2 heteroatoms. The van der Waals surface area contributed by atoms with Crippen LogP contribution in [0.15, 0.2) is 24.3 Å². The zero-order chi connectivity index (χ0) is 12.4. The standard InChI is InChI=1S/C16H24N2/c1-2-11-18(16-9-10-16)15-7-3-13(4-8-15)12-17-14-5-6-14/h3-4,7-8,14,16-17H,2,5-6,9-12H2,1H3. The highest BCUT2D eigenvalue weighted by atomic mass is 15.2. The number of hydrogen-bond donors (Lipinski definition) is 1. The Balaban J connectivity index is 1.60. The molecule has 3 rings (SSSR count). The normalized spacial score (nSPS) is 18.9. The first-order chi connectivity index (χ1) is 8.86. The fraction of sp³-hybridized carbons (Fsp3) is 0.625. The Hall–Kier alpha value is -1.02. The molecule has 0 unspecified atom stereocenters. The molecule has 0 radical (unpaired) electrons. The molecule has 18 heavy (non-hydrogen) atoms. The van der Waals surface area contributed by atoms with Gasteiger partial charge < -0.3 is 10.2 Å². The van der Waals surface area contributed by atoms with Gasteiger partial charge in [0.05, 0.1) is 0 Å². The first-order valence-electron chi connectivity index (χ1n) is 7.46. The molecule has 0 bridgehead atoms. The first kappa shape index (κ1) is 12.0. The topological polar surface area (TPSA) is 15.3 Å². The average Bonchev–Trinajstić information content (AvgIpc) is 3.28. The lowest BCUT2D eigenvalue weighted by Gasteiger charge is -2.24. The van der Waals surface area contributed by atoms with Crippen molar-refractivity contribution in [2.75, 3.05) is 11.4 Å². The van der Waals surface area contributed by atoms with Crippen LogP contribution < -0.4 is 10.2 Å². The average molecular weight is 244 g/mol. The van der Waals surface area contributed by atoms with E-state index >= 15 is 0 Å². The number of benzene rings is 1. The number of hydrogen-bond acceptors (Lipinski definition) is 2. The minimum Gasteiger partial charge on any atom is -0.369 e. The highest BCUT2D eigenvalue weighted by molar-refractivity contribution is 5.49. The van der Waals surface area contributed by atoms with Crippen molar-refractivity contribution < 1.29 is 0 Å². The van der Waals surface area contributed by atoms with Gasteiger partial charge in [-0.15, -0.1) is 0 Å². The van der Waals surface area contributed by atoms with E-state index in [4.69, 9.17) is 0 Å². The number of nitrogens with one attached hydrogen (secondary N) is 1. The molecular formula is C16H24N2. The van der Waals surface area contributed by atoms with E-state index in [9.17, 15) is 0 Å². The van der Waals surface area contributed by atoms with Gasteiger partial charge in [0.25, 0.3) is 0 Å². The molecular weight excluding hydrogens is 220 g/mol. The summed E-state index contributed by atoms with van der Waals surface area (Å²) in [6.45, 7) is 4.50. The van der Waals surface area contributed by atoms with Gasteiger partial charge in [0.15, 0.2) is 0 Å². The Morgan fingerprint density at radius 1 is 1.11 bits per heavy atom. The number of anilines is 1. The maximum atomic E-state index is 3.57. The largest absolute Gasteiger partial charge is 0.369 e.